The van der Waals surface area contributed by atoms with Gasteiger partial charge in [-0.15, -0.1) is 6.58 Å². The Balaban J connectivity index is 1.65. The molecule has 0 bridgehead atoms. The van der Waals surface area contributed by atoms with Gasteiger partial charge < -0.3 is 5.32 Å². The quantitative estimate of drug-likeness (QED) is 0.755. The first kappa shape index (κ1) is 11.7. The van der Waals surface area contributed by atoms with Gasteiger partial charge in [-0.1, -0.05) is 18.9 Å². The van der Waals surface area contributed by atoms with Crippen LogP contribution in [0.2, 0.25) is 0 Å². The van der Waals surface area contributed by atoms with Gasteiger partial charge >= 0.3 is 0 Å². The average molecular weight is 234 g/mol. The van der Waals surface area contributed by atoms with Crippen LogP contribution in [0.1, 0.15) is 38.5 Å². The van der Waals surface area contributed by atoms with Crippen LogP contribution in [0.15, 0.2) is 12.7 Å². The van der Waals surface area contributed by atoms with Crippen LogP contribution in [-0.4, -0.2) is 37.1 Å². The fraction of sp³-hybridized carbons (Fsp3) is 0.867. The SMILES string of the molecule is C=CC(C1CCCC1)N1CC[C@]2(CCNC2)C1. The zero-order valence-electron chi connectivity index (χ0n) is 11.0. The maximum absolute atomic E-state index is 4.11. The minimum atomic E-state index is 0.611. The zero-order valence-corrected chi connectivity index (χ0v) is 11.0. The van der Waals surface area contributed by atoms with Crippen LogP contribution in [-0.2, 0) is 0 Å². The Kier molecular flexibility index (Phi) is 3.27. The zero-order chi connectivity index (χ0) is 11.7. The van der Waals surface area contributed by atoms with Crippen LogP contribution in [0.3, 0.4) is 0 Å². The van der Waals surface area contributed by atoms with Gasteiger partial charge in [0.1, 0.15) is 0 Å². The molecule has 0 aromatic carbocycles. The maximum atomic E-state index is 4.11. The predicted octanol–water partition coefficient (Wildman–Crippen LogP) is 2.42. The van der Waals surface area contributed by atoms with Crippen LogP contribution in [0, 0.1) is 11.3 Å². The predicted molar refractivity (Wildman–Crippen MR) is 72.1 cm³/mol. The molecule has 0 radical (unpaired) electrons. The van der Waals surface area contributed by atoms with Crippen molar-refractivity contribution in [2.24, 2.45) is 11.3 Å². The molecule has 3 aliphatic rings. The summed E-state index contributed by atoms with van der Waals surface area (Å²) in [5, 5.41) is 3.55. The first-order valence-corrected chi connectivity index (χ1v) is 7.40. The van der Waals surface area contributed by atoms with Crippen molar-refractivity contribution in [1.82, 2.24) is 10.2 Å². The van der Waals surface area contributed by atoms with Crippen molar-refractivity contribution < 1.29 is 0 Å². The number of nitrogens with one attached hydrogen (secondary N) is 1. The van der Waals surface area contributed by atoms with Crippen molar-refractivity contribution in [3.63, 3.8) is 0 Å². The summed E-state index contributed by atoms with van der Waals surface area (Å²) in [4.78, 5) is 2.73. The molecule has 1 unspecified atom stereocenters. The van der Waals surface area contributed by atoms with Crippen molar-refractivity contribution >= 4 is 0 Å². The largest absolute Gasteiger partial charge is 0.316 e. The minimum absolute atomic E-state index is 0.611. The third-order valence-corrected chi connectivity index (χ3v) is 5.35. The fourth-order valence-corrected chi connectivity index (χ4v) is 4.31. The van der Waals surface area contributed by atoms with Crippen molar-refractivity contribution in [3.05, 3.63) is 12.7 Å². The highest BCUT2D eigenvalue weighted by molar-refractivity contribution is 5.02. The number of hydrogen-bond acceptors (Lipinski definition) is 2. The third kappa shape index (κ3) is 2.17. The molecular weight excluding hydrogens is 208 g/mol. The summed E-state index contributed by atoms with van der Waals surface area (Å²) in [6.45, 7) is 9.20. The second kappa shape index (κ2) is 4.74. The summed E-state index contributed by atoms with van der Waals surface area (Å²) in [5.41, 5.74) is 0.611. The van der Waals surface area contributed by atoms with Gasteiger partial charge in [-0.25, -0.2) is 0 Å². The summed E-state index contributed by atoms with van der Waals surface area (Å²) >= 11 is 0. The second-order valence-electron chi connectivity index (χ2n) is 6.42. The van der Waals surface area contributed by atoms with E-state index in [0.717, 1.165) is 5.92 Å². The first-order chi connectivity index (χ1) is 8.33. The molecule has 3 fully saturated rings. The Bertz CT molecular complexity index is 275. The van der Waals surface area contributed by atoms with E-state index in [1.54, 1.807) is 0 Å². The highest BCUT2D eigenvalue weighted by atomic mass is 15.2. The molecule has 2 heterocycles. The Hall–Kier alpha value is -0.340. The maximum Gasteiger partial charge on any atom is 0.0304 e. The van der Waals surface area contributed by atoms with Gasteiger partial charge in [0.25, 0.3) is 0 Å². The normalized spacial score (nSPS) is 36.9. The Morgan fingerprint density at radius 1 is 1.29 bits per heavy atom. The number of hydrogen-bond donors (Lipinski definition) is 1. The van der Waals surface area contributed by atoms with E-state index in [-0.39, 0.29) is 0 Å². The highest BCUT2D eigenvalue weighted by Gasteiger charge is 2.43. The number of rotatable bonds is 3. The molecule has 1 saturated carbocycles. The van der Waals surface area contributed by atoms with Crippen molar-refractivity contribution in [1.29, 1.82) is 0 Å². The molecule has 96 valence electrons. The Morgan fingerprint density at radius 2 is 2.12 bits per heavy atom. The molecule has 1 aliphatic carbocycles. The highest BCUT2D eigenvalue weighted by Crippen LogP contribution is 2.40. The van der Waals surface area contributed by atoms with E-state index in [0.29, 0.717) is 11.5 Å². The van der Waals surface area contributed by atoms with Crippen LogP contribution in [0.25, 0.3) is 0 Å². The van der Waals surface area contributed by atoms with Gasteiger partial charge in [0.05, 0.1) is 0 Å². The summed E-state index contributed by atoms with van der Waals surface area (Å²) < 4.78 is 0. The molecule has 0 aromatic heterocycles. The Morgan fingerprint density at radius 3 is 2.76 bits per heavy atom. The van der Waals surface area contributed by atoms with Gasteiger partial charge in [0.2, 0.25) is 0 Å². The summed E-state index contributed by atoms with van der Waals surface area (Å²) in [7, 11) is 0. The van der Waals surface area contributed by atoms with E-state index in [1.165, 1.54) is 64.7 Å². The number of likely N-dealkylation sites (tertiary alicyclic amines) is 1. The lowest BCUT2D eigenvalue weighted by molar-refractivity contribution is 0.191. The van der Waals surface area contributed by atoms with E-state index in [2.05, 4.69) is 22.9 Å². The lowest BCUT2D eigenvalue weighted by atomic mass is 9.86. The van der Waals surface area contributed by atoms with E-state index >= 15 is 0 Å². The van der Waals surface area contributed by atoms with Gasteiger partial charge in [-0.3, -0.25) is 4.90 Å². The topological polar surface area (TPSA) is 15.3 Å². The van der Waals surface area contributed by atoms with Crippen LogP contribution >= 0.6 is 0 Å². The molecule has 1 spiro atoms. The second-order valence-corrected chi connectivity index (χ2v) is 6.42. The molecule has 3 rings (SSSR count). The lowest BCUT2D eigenvalue weighted by Gasteiger charge is -2.31. The monoisotopic (exact) mass is 234 g/mol. The summed E-state index contributed by atoms with van der Waals surface area (Å²) in [5.74, 6) is 0.900. The van der Waals surface area contributed by atoms with Crippen LogP contribution in [0.5, 0.6) is 0 Å². The van der Waals surface area contributed by atoms with Crippen LogP contribution in [0.4, 0.5) is 0 Å². The van der Waals surface area contributed by atoms with Crippen molar-refractivity contribution in [3.8, 4) is 0 Å². The molecule has 0 amide bonds. The van der Waals surface area contributed by atoms with Gasteiger partial charge in [-0.05, 0) is 50.1 Å². The van der Waals surface area contributed by atoms with Crippen molar-refractivity contribution in [2.75, 3.05) is 26.2 Å². The summed E-state index contributed by atoms with van der Waals surface area (Å²) in [6.07, 6.45) is 10.8. The lowest BCUT2D eigenvalue weighted by Crippen LogP contribution is -2.39. The van der Waals surface area contributed by atoms with E-state index in [4.69, 9.17) is 0 Å². The molecule has 2 saturated heterocycles. The molecule has 2 heteroatoms. The fourth-order valence-electron chi connectivity index (χ4n) is 4.31. The minimum Gasteiger partial charge on any atom is -0.316 e. The Labute approximate surface area is 105 Å². The smallest absolute Gasteiger partial charge is 0.0304 e. The molecule has 0 aromatic rings. The van der Waals surface area contributed by atoms with Gasteiger partial charge in [-0.2, -0.15) is 0 Å². The number of nitrogens with zero attached hydrogens (tertiary/aromatic N) is 1. The molecular formula is C15H26N2. The van der Waals surface area contributed by atoms with Crippen molar-refractivity contribution in [2.45, 2.75) is 44.6 Å². The van der Waals surface area contributed by atoms with Gasteiger partial charge in [0, 0.05) is 19.1 Å². The molecule has 1 N–H and O–H groups in total. The molecule has 2 aliphatic heterocycles. The van der Waals surface area contributed by atoms with E-state index < -0.39 is 0 Å². The average Bonchev–Trinajstić information content (AvgIpc) is 3.05. The molecule has 2 nitrogen and oxygen atoms in total. The van der Waals surface area contributed by atoms with Gasteiger partial charge in [0.15, 0.2) is 0 Å². The summed E-state index contributed by atoms with van der Waals surface area (Å²) in [6, 6.07) is 0.664. The molecule has 2 atom stereocenters. The third-order valence-electron chi connectivity index (χ3n) is 5.35. The first-order valence-electron chi connectivity index (χ1n) is 7.40. The standard InChI is InChI=1S/C15H26N2/c1-2-14(13-5-3-4-6-13)17-10-8-15(12-17)7-9-16-11-15/h2,13-14,16H,1,3-12H2/t14?,15-/m0/s1. The van der Waals surface area contributed by atoms with Crippen LogP contribution < -0.4 is 5.32 Å². The molecule has 17 heavy (non-hydrogen) atoms. The van der Waals surface area contributed by atoms with E-state index in [9.17, 15) is 0 Å². The van der Waals surface area contributed by atoms with E-state index in [1.807, 2.05) is 0 Å².